The van der Waals surface area contributed by atoms with E-state index < -0.39 is 17.4 Å². The van der Waals surface area contributed by atoms with Gasteiger partial charge in [0.25, 0.3) is 0 Å². The summed E-state index contributed by atoms with van der Waals surface area (Å²) in [7, 11) is 1.26. The van der Waals surface area contributed by atoms with Crippen LogP contribution in [0.5, 0.6) is 0 Å². The zero-order valence-electron chi connectivity index (χ0n) is 13.3. The number of carbonyl (C=O) groups excluding carboxylic acids is 2. The van der Waals surface area contributed by atoms with Crippen LogP contribution in [0.2, 0.25) is 0 Å². The van der Waals surface area contributed by atoms with Crippen LogP contribution < -0.4 is 0 Å². The van der Waals surface area contributed by atoms with Crippen molar-refractivity contribution in [2.24, 2.45) is 0 Å². The first kappa shape index (κ1) is 17.2. The summed E-state index contributed by atoms with van der Waals surface area (Å²) in [5, 5.41) is 0. The molecule has 0 aromatic rings. The van der Waals surface area contributed by atoms with E-state index in [-0.39, 0.29) is 6.09 Å². The molecule has 0 aromatic carbocycles. The van der Waals surface area contributed by atoms with E-state index in [1.807, 2.05) is 20.8 Å². The fourth-order valence-electron chi connectivity index (χ4n) is 2.06. The van der Waals surface area contributed by atoms with Crippen molar-refractivity contribution in [1.29, 1.82) is 0 Å². The summed E-state index contributed by atoms with van der Waals surface area (Å²) >= 11 is 0. The minimum atomic E-state index is -0.889. The van der Waals surface area contributed by atoms with Gasteiger partial charge < -0.3 is 19.1 Å². The highest BCUT2D eigenvalue weighted by Crippen LogP contribution is 2.27. The number of hydrogen-bond acceptors (Lipinski definition) is 5. The molecule has 21 heavy (non-hydrogen) atoms. The Labute approximate surface area is 125 Å². The second-order valence-electron chi connectivity index (χ2n) is 5.89. The Morgan fingerprint density at radius 1 is 1.19 bits per heavy atom. The third-order valence-electron chi connectivity index (χ3n) is 3.02. The van der Waals surface area contributed by atoms with E-state index in [2.05, 4.69) is 16.6 Å². The normalized spacial score (nSPS) is 17.3. The number of rotatable bonds is 1. The Hall–Kier alpha value is -1.90. The third-order valence-corrected chi connectivity index (χ3v) is 3.02. The maximum Gasteiger partial charge on any atom is 0.509 e. The van der Waals surface area contributed by atoms with Gasteiger partial charge in [-0.05, 0) is 27.7 Å². The molecule has 0 aliphatic carbocycles. The van der Waals surface area contributed by atoms with Crippen molar-refractivity contribution in [1.82, 2.24) is 4.90 Å². The third kappa shape index (κ3) is 5.18. The van der Waals surface area contributed by atoms with Crippen molar-refractivity contribution >= 4 is 12.2 Å². The number of amides is 1. The van der Waals surface area contributed by atoms with Gasteiger partial charge in [0.05, 0.1) is 7.11 Å². The van der Waals surface area contributed by atoms with Crippen LogP contribution in [0.25, 0.3) is 0 Å². The molecule has 1 aliphatic rings. The molecule has 0 aromatic heterocycles. The number of nitrogens with zero attached hydrogens (tertiary/aromatic N) is 1. The molecular weight excluding hydrogens is 274 g/mol. The Morgan fingerprint density at radius 2 is 1.76 bits per heavy atom. The first-order chi connectivity index (χ1) is 9.71. The smallest absolute Gasteiger partial charge is 0.444 e. The molecule has 1 heterocycles. The summed E-state index contributed by atoms with van der Waals surface area (Å²) in [6.45, 7) is 7.98. The lowest BCUT2D eigenvalue weighted by molar-refractivity contribution is -0.0338. The molecule has 1 fully saturated rings. The van der Waals surface area contributed by atoms with Crippen LogP contribution in [0.4, 0.5) is 9.59 Å². The summed E-state index contributed by atoms with van der Waals surface area (Å²) in [5.41, 5.74) is -1.42. The first-order valence-corrected chi connectivity index (χ1v) is 6.90. The molecule has 1 aliphatic heterocycles. The molecule has 0 spiro atoms. The molecule has 1 amide bonds. The minimum absolute atomic E-state index is 0.362. The minimum Gasteiger partial charge on any atom is -0.444 e. The van der Waals surface area contributed by atoms with Crippen LogP contribution in [0, 0.1) is 11.8 Å². The molecule has 6 heteroatoms. The van der Waals surface area contributed by atoms with Crippen LogP contribution in [0.15, 0.2) is 0 Å². The van der Waals surface area contributed by atoms with Crippen molar-refractivity contribution in [3.63, 3.8) is 0 Å². The Balaban J connectivity index is 2.68. The average molecular weight is 297 g/mol. The van der Waals surface area contributed by atoms with Gasteiger partial charge in [-0.2, -0.15) is 0 Å². The van der Waals surface area contributed by atoms with E-state index >= 15 is 0 Å². The van der Waals surface area contributed by atoms with Crippen molar-refractivity contribution in [3.8, 4) is 11.8 Å². The van der Waals surface area contributed by atoms with Crippen molar-refractivity contribution in [2.45, 2.75) is 51.7 Å². The lowest BCUT2D eigenvalue weighted by Crippen LogP contribution is -2.49. The zero-order valence-corrected chi connectivity index (χ0v) is 13.3. The van der Waals surface area contributed by atoms with E-state index in [1.54, 1.807) is 11.8 Å². The van der Waals surface area contributed by atoms with Gasteiger partial charge >= 0.3 is 12.2 Å². The quantitative estimate of drug-likeness (QED) is 0.550. The van der Waals surface area contributed by atoms with Crippen molar-refractivity contribution in [2.75, 3.05) is 20.2 Å². The first-order valence-electron chi connectivity index (χ1n) is 6.90. The van der Waals surface area contributed by atoms with E-state index in [0.29, 0.717) is 25.9 Å². The molecule has 0 unspecified atom stereocenters. The van der Waals surface area contributed by atoms with Gasteiger partial charge in [-0.1, -0.05) is 5.92 Å². The maximum absolute atomic E-state index is 12.0. The Kier molecular flexibility index (Phi) is 5.47. The molecule has 6 nitrogen and oxygen atoms in total. The van der Waals surface area contributed by atoms with Gasteiger partial charge in [0.1, 0.15) is 5.60 Å². The molecule has 0 radical (unpaired) electrons. The lowest BCUT2D eigenvalue weighted by Gasteiger charge is -2.37. The number of hydrogen-bond donors (Lipinski definition) is 0. The van der Waals surface area contributed by atoms with Crippen LogP contribution in [0.3, 0.4) is 0 Å². The van der Waals surface area contributed by atoms with Crippen molar-refractivity contribution < 1.29 is 23.8 Å². The van der Waals surface area contributed by atoms with E-state index in [9.17, 15) is 9.59 Å². The van der Waals surface area contributed by atoms with E-state index in [4.69, 9.17) is 9.47 Å². The van der Waals surface area contributed by atoms with Gasteiger partial charge in [0, 0.05) is 25.9 Å². The highest BCUT2D eigenvalue weighted by atomic mass is 16.7. The van der Waals surface area contributed by atoms with Crippen LogP contribution in [-0.4, -0.2) is 48.5 Å². The predicted molar refractivity (Wildman–Crippen MR) is 76.7 cm³/mol. The Morgan fingerprint density at radius 3 is 2.19 bits per heavy atom. The second-order valence-corrected chi connectivity index (χ2v) is 5.89. The monoisotopic (exact) mass is 297 g/mol. The molecule has 0 N–H and O–H groups in total. The van der Waals surface area contributed by atoms with E-state index in [0.717, 1.165) is 0 Å². The second kappa shape index (κ2) is 6.70. The average Bonchev–Trinajstić information content (AvgIpc) is 2.37. The van der Waals surface area contributed by atoms with Crippen LogP contribution >= 0.6 is 0 Å². The Bertz CT molecular complexity index is 447. The molecule has 0 bridgehead atoms. The van der Waals surface area contributed by atoms with Crippen LogP contribution in [0.1, 0.15) is 40.5 Å². The highest BCUT2D eigenvalue weighted by molar-refractivity contribution is 5.68. The summed E-state index contributed by atoms with van der Waals surface area (Å²) in [4.78, 5) is 24.9. The molecule has 1 saturated heterocycles. The molecule has 0 atom stereocenters. The van der Waals surface area contributed by atoms with Gasteiger partial charge in [-0.3, -0.25) is 0 Å². The SMILES string of the molecule is CC#CC1(OC(=O)OC)CCN(C(=O)OC(C)(C)C)CC1. The number of piperidine rings is 1. The largest absolute Gasteiger partial charge is 0.509 e. The standard InChI is InChI=1S/C15H23NO5/c1-6-7-15(21-13(18)19-5)8-10-16(11-9-15)12(17)20-14(2,3)4/h8-11H2,1-5H3. The molecule has 0 saturated carbocycles. The molecule has 1 rings (SSSR count). The maximum atomic E-state index is 12.0. The van der Waals surface area contributed by atoms with Gasteiger partial charge in [-0.25, -0.2) is 9.59 Å². The lowest BCUT2D eigenvalue weighted by atomic mass is 9.92. The van der Waals surface area contributed by atoms with Crippen molar-refractivity contribution in [3.05, 3.63) is 0 Å². The van der Waals surface area contributed by atoms with Gasteiger partial charge in [0.2, 0.25) is 0 Å². The summed E-state index contributed by atoms with van der Waals surface area (Å²) < 4.78 is 15.1. The summed E-state index contributed by atoms with van der Waals surface area (Å²) in [6, 6.07) is 0. The fraction of sp³-hybridized carbons (Fsp3) is 0.733. The predicted octanol–water partition coefficient (Wildman–Crippen LogP) is 2.56. The molecule has 118 valence electrons. The number of methoxy groups -OCH3 is 1. The van der Waals surface area contributed by atoms with Gasteiger partial charge in [0.15, 0.2) is 5.60 Å². The van der Waals surface area contributed by atoms with Crippen LogP contribution in [-0.2, 0) is 14.2 Å². The number of ether oxygens (including phenoxy) is 3. The highest BCUT2D eigenvalue weighted by Gasteiger charge is 2.39. The van der Waals surface area contributed by atoms with E-state index in [1.165, 1.54) is 7.11 Å². The fourth-order valence-corrected chi connectivity index (χ4v) is 2.06. The number of likely N-dealkylation sites (tertiary alicyclic amines) is 1. The summed E-state index contributed by atoms with van der Waals surface area (Å²) in [6.07, 6.45) is -0.258. The summed E-state index contributed by atoms with van der Waals surface area (Å²) in [5.74, 6) is 5.69. The van der Waals surface area contributed by atoms with Gasteiger partial charge in [-0.15, -0.1) is 5.92 Å². The molecular formula is C15H23NO5. The zero-order chi connectivity index (χ0) is 16.1. The topological polar surface area (TPSA) is 65.1 Å². The number of carbonyl (C=O) groups is 2.